The van der Waals surface area contributed by atoms with E-state index in [1.165, 1.54) is 0 Å². The Morgan fingerprint density at radius 3 is 1.45 bits per heavy atom. The van der Waals surface area contributed by atoms with Gasteiger partial charge in [0, 0.05) is 12.4 Å². The Balaban J connectivity index is -0.000000116. The molecule has 0 saturated heterocycles. The van der Waals surface area contributed by atoms with Gasteiger partial charge >= 0.3 is 59.1 Å². The van der Waals surface area contributed by atoms with E-state index in [2.05, 4.69) is 4.98 Å². The van der Waals surface area contributed by atoms with Crippen LogP contribution in [0.25, 0.3) is 0 Å². The molecule has 11 heavy (non-hydrogen) atoms. The van der Waals surface area contributed by atoms with E-state index >= 15 is 0 Å². The van der Waals surface area contributed by atoms with Crippen molar-refractivity contribution in [2.75, 3.05) is 0 Å². The molecule has 4 nitrogen and oxygen atoms in total. The van der Waals surface area contributed by atoms with Crippen LogP contribution in [0, 0.1) is 0 Å². The SMILES string of the molecule is O.OBO.[KH].c1ccncc1. The Kier molecular flexibility index (Phi) is 27.4. The fourth-order valence-electron chi connectivity index (χ4n) is 0.313. The maximum atomic E-state index is 7.12. The normalized spacial score (nSPS) is 5.64. The van der Waals surface area contributed by atoms with E-state index in [1.54, 1.807) is 12.4 Å². The summed E-state index contributed by atoms with van der Waals surface area (Å²) in [5, 5.41) is 14.2. The van der Waals surface area contributed by atoms with E-state index in [1.807, 2.05) is 18.2 Å². The van der Waals surface area contributed by atoms with Gasteiger partial charge in [-0.25, -0.2) is 0 Å². The minimum Gasteiger partial charge on any atom is -0.265 e. The first-order valence-corrected chi connectivity index (χ1v) is 2.48. The van der Waals surface area contributed by atoms with Crippen LogP contribution < -0.4 is 0 Å². The van der Waals surface area contributed by atoms with Gasteiger partial charge in [-0.05, 0) is 12.1 Å². The summed E-state index contributed by atoms with van der Waals surface area (Å²) < 4.78 is 0. The van der Waals surface area contributed by atoms with E-state index in [4.69, 9.17) is 10.0 Å². The Bertz CT molecular complexity index is 105. The molecule has 1 aromatic heterocycles. The maximum Gasteiger partial charge on any atom is 0.0267 e. The van der Waals surface area contributed by atoms with Crippen molar-refractivity contribution >= 4 is 59.1 Å². The number of nitrogens with zero attached hydrogens (tertiary/aromatic N) is 1. The molecule has 0 aromatic carbocycles. The van der Waals surface area contributed by atoms with Gasteiger partial charge in [0.25, 0.3) is 0 Å². The Morgan fingerprint density at radius 2 is 1.36 bits per heavy atom. The summed E-state index contributed by atoms with van der Waals surface area (Å²) in [5.74, 6) is 0. The molecule has 0 aliphatic carbocycles. The van der Waals surface area contributed by atoms with Gasteiger partial charge in [-0.15, -0.1) is 0 Å². The fourth-order valence-corrected chi connectivity index (χ4v) is 0.313. The number of hydrogen-bond donors (Lipinski definition) is 2. The predicted octanol–water partition coefficient (Wildman–Crippen LogP) is -2.15. The quantitative estimate of drug-likeness (QED) is 0.449. The first-order chi connectivity index (χ1) is 4.41. The van der Waals surface area contributed by atoms with E-state index in [9.17, 15) is 0 Å². The first kappa shape index (κ1) is 17.7. The predicted molar refractivity (Wildman–Crippen MR) is 46.6 cm³/mol. The topological polar surface area (TPSA) is 84.9 Å². The molecule has 4 N–H and O–H groups in total. The molecular formula is C5H11BKNO3. The van der Waals surface area contributed by atoms with Crippen molar-refractivity contribution in [1.82, 2.24) is 4.98 Å². The Morgan fingerprint density at radius 1 is 1.00 bits per heavy atom. The summed E-state index contributed by atoms with van der Waals surface area (Å²) >= 11 is 0. The number of hydrogen-bond acceptors (Lipinski definition) is 3. The minimum absolute atomic E-state index is 0. The molecule has 58 valence electrons. The average Bonchev–Trinajstić information content (AvgIpc) is 1.93. The van der Waals surface area contributed by atoms with Gasteiger partial charge in [0.2, 0.25) is 0 Å². The minimum atomic E-state index is -0.750. The summed E-state index contributed by atoms with van der Waals surface area (Å²) in [6.45, 7) is 0. The van der Waals surface area contributed by atoms with Crippen LogP contribution >= 0.6 is 0 Å². The van der Waals surface area contributed by atoms with E-state index in [-0.39, 0.29) is 56.9 Å². The van der Waals surface area contributed by atoms with Gasteiger partial charge in [0.1, 0.15) is 0 Å². The molecular weight excluding hydrogens is 172 g/mol. The zero-order valence-electron chi connectivity index (χ0n) is 5.44. The van der Waals surface area contributed by atoms with E-state index in [0.717, 1.165) is 0 Å². The molecule has 0 radical (unpaired) electrons. The van der Waals surface area contributed by atoms with Crippen LogP contribution in [0.3, 0.4) is 0 Å². The van der Waals surface area contributed by atoms with Crippen LogP contribution in [0.4, 0.5) is 0 Å². The largest absolute Gasteiger partial charge is 0.265 e. The summed E-state index contributed by atoms with van der Waals surface area (Å²) in [4.78, 5) is 3.78. The van der Waals surface area contributed by atoms with Crippen molar-refractivity contribution in [3.05, 3.63) is 30.6 Å². The van der Waals surface area contributed by atoms with E-state index < -0.39 is 7.69 Å². The second-order valence-corrected chi connectivity index (χ2v) is 1.17. The maximum absolute atomic E-state index is 7.12. The molecule has 1 aromatic rings. The van der Waals surface area contributed by atoms with Crippen molar-refractivity contribution in [3.8, 4) is 0 Å². The van der Waals surface area contributed by atoms with Crippen molar-refractivity contribution in [2.45, 2.75) is 0 Å². The third-order valence-corrected chi connectivity index (χ3v) is 0.566. The number of pyridine rings is 1. The molecule has 0 amide bonds. The molecule has 0 atom stereocenters. The molecule has 0 bridgehead atoms. The van der Waals surface area contributed by atoms with Gasteiger partial charge in [-0.1, -0.05) is 6.07 Å². The zero-order chi connectivity index (χ0) is 6.95. The molecule has 0 saturated carbocycles. The van der Waals surface area contributed by atoms with Crippen LogP contribution in [0.1, 0.15) is 0 Å². The molecule has 0 unspecified atom stereocenters. The summed E-state index contributed by atoms with van der Waals surface area (Å²) in [7, 11) is -0.750. The van der Waals surface area contributed by atoms with Crippen LogP contribution in [0.5, 0.6) is 0 Å². The van der Waals surface area contributed by atoms with Gasteiger partial charge in [0.15, 0.2) is 0 Å². The standard InChI is InChI=1S/C5H5N.BH3O2.K.H2O.H/c1-2-4-6-5-3-1;2-1-3;;;/h1-5H;1-3H;;1H2;. The number of rotatable bonds is 0. The third kappa shape index (κ3) is 18.1. The summed E-state index contributed by atoms with van der Waals surface area (Å²) in [6.07, 6.45) is 3.50. The summed E-state index contributed by atoms with van der Waals surface area (Å²) in [5.41, 5.74) is 0. The number of aromatic nitrogens is 1. The second-order valence-electron chi connectivity index (χ2n) is 1.17. The van der Waals surface area contributed by atoms with Gasteiger partial charge in [-0.2, -0.15) is 0 Å². The average molecular weight is 183 g/mol. The molecule has 0 aliphatic heterocycles. The summed E-state index contributed by atoms with van der Waals surface area (Å²) in [6, 6.07) is 5.72. The van der Waals surface area contributed by atoms with Crippen molar-refractivity contribution in [3.63, 3.8) is 0 Å². The Hall–Kier alpha value is 0.731. The Labute approximate surface area is 109 Å². The van der Waals surface area contributed by atoms with Crippen LogP contribution in [-0.4, -0.2) is 79.6 Å². The van der Waals surface area contributed by atoms with E-state index in [0.29, 0.717) is 0 Å². The molecule has 0 spiro atoms. The third-order valence-electron chi connectivity index (χ3n) is 0.566. The molecule has 0 aliphatic rings. The van der Waals surface area contributed by atoms with Crippen LogP contribution in [-0.2, 0) is 0 Å². The monoisotopic (exact) mass is 183 g/mol. The van der Waals surface area contributed by atoms with Crippen molar-refractivity contribution < 1.29 is 15.5 Å². The van der Waals surface area contributed by atoms with Crippen LogP contribution in [0.15, 0.2) is 30.6 Å². The molecule has 1 rings (SSSR count). The molecule has 1 heterocycles. The van der Waals surface area contributed by atoms with Crippen LogP contribution in [0.2, 0.25) is 0 Å². The first-order valence-electron chi connectivity index (χ1n) is 2.48. The smallest absolute Gasteiger partial charge is 0.0267 e. The van der Waals surface area contributed by atoms with Gasteiger partial charge in [0.05, 0.1) is 0 Å². The second kappa shape index (κ2) is 17.0. The molecule has 0 fully saturated rings. The molecule has 6 heteroatoms. The fraction of sp³-hybridized carbons (Fsp3) is 0. The van der Waals surface area contributed by atoms with Crippen molar-refractivity contribution in [1.29, 1.82) is 0 Å². The van der Waals surface area contributed by atoms with Gasteiger partial charge in [-0.3, -0.25) is 4.98 Å². The zero-order valence-corrected chi connectivity index (χ0v) is 5.44. The van der Waals surface area contributed by atoms with Crippen molar-refractivity contribution in [2.24, 2.45) is 0 Å². The van der Waals surface area contributed by atoms with Gasteiger partial charge < -0.3 is 15.5 Å².